The fourth-order valence-corrected chi connectivity index (χ4v) is 6.53. The normalized spacial score (nSPS) is 24.2. The molecule has 2 aromatic heterocycles. The van der Waals surface area contributed by atoms with Gasteiger partial charge in [0.15, 0.2) is 17.4 Å². The molecule has 0 radical (unpaired) electrons. The first-order valence-electron chi connectivity index (χ1n) is 10.3. The molecule has 1 saturated heterocycles. The molecule has 0 aliphatic carbocycles. The number of anilines is 1. The first-order valence-corrected chi connectivity index (χ1v) is 14.6. The van der Waals surface area contributed by atoms with Crippen LogP contribution in [0, 0.1) is 0 Å². The summed E-state index contributed by atoms with van der Waals surface area (Å²) < 4.78 is 34.5. The lowest BCUT2D eigenvalue weighted by Crippen LogP contribution is -2.33. The van der Waals surface area contributed by atoms with Gasteiger partial charge in [0.25, 0.3) is 0 Å². The van der Waals surface area contributed by atoms with Crippen molar-refractivity contribution in [3.05, 3.63) is 52.0 Å². The van der Waals surface area contributed by atoms with Crippen LogP contribution in [0.1, 0.15) is 17.4 Å². The molecular formula is C18H21Cl2N5O9P2. The SMILES string of the molecule is O=P(O)(O)CP(=O)(O)OC[C@H]1O[C@@H](c2cnc3c(NCc4ccccc4Cl)nc(Cl)nn23)[C@H](O)[C@@H]1O. The monoisotopic (exact) mass is 583 g/mol. The summed E-state index contributed by atoms with van der Waals surface area (Å²) in [4.78, 5) is 35.8. The average molecular weight is 584 g/mol. The van der Waals surface area contributed by atoms with E-state index >= 15 is 0 Å². The maximum absolute atomic E-state index is 11.9. The molecule has 3 aromatic rings. The number of benzene rings is 1. The first kappa shape index (κ1) is 27.4. The molecule has 0 amide bonds. The van der Waals surface area contributed by atoms with Gasteiger partial charge in [0, 0.05) is 11.6 Å². The molecule has 1 unspecified atom stereocenters. The molecule has 1 aliphatic heterocycles. The molecule has 0 saturated carbocycles. The smallest absolute Gasteiger partial charge is 0.340 e. The Morgan fingerprint density at radius 3 is 2.56 bits per heavy atom. The van der Waals surface area contributed by atoms with E-state index in [4.69, 9.17) is 42.2 Å². The number of aromatic nitrogens is 4. The molecule has 1 fully saturated rings. The molecule has 36 heavy (non-hydrogen) atoms. The molecule has 1 aromatic carbocycles. The summed E-state index contributed by atoms with van der Waals surface area (Å²) in [6.07, 6.45) is -4.26. The van der Waals surface area contributed by atoms with E-state index in [0.717, 1.165) is 5.56 Å². The van der Waals surface area contributed by atoms with E-state index in [0.29, 0.717) is 11.6 Å². The predicted octanol–water partition coefficient (Wildman–Crippen LogP) is 1.54. The number of ether oxygens (including phenoxy) is 1. The van der Waals surface area contributed by atoms with Gasteiger partial charge in [0.2, 0.25) is 5.28 Å². The topological polar surface area (TPSA) is 209 Å². The van der Waals surface area contributed by atoms with Crippen molar-refractivity contribution in [3.8, 4) is 0 Å². The van der Waals surface area contributed by atoms with Gasteiger partial charge in [-0.15, -0.1) is 5.10 Å². The minimum atomic E-state index is -4.84. The predicted molar refractivity (Wildman–Crippen MR) is 127 cm³/mol. The lowest BCUT2D eigenvalue weighted by atomic mass is 10.1. The van der Waals surface area contributed by atoms with Crippen molar-refractivity contribution in [3.63, 3.8) is 0 Å². The number of nitrogens with one attached hydrogen (secondary N) is 1. The zero-order valence-electron chi connectivity index (χ0n) is 18.1. The molecule has 1 aliphatic rings. The standard InChI is InChI=1S/C18H21Cl2N5O9P2/c19-10-4-2-1-3-9(10)5-21-16-17-22-6-11(25(17)24-18(20)23-16)15-14(27)13(26)12(34-15)7-33-36(31,32)8-35(28,29)30/h1-4,6,12-15,26-27H,5,7-8H2,(H,31,32)(H,21,23,24)(H2,28,29,30)/t12-,13-,14-,15+/m1/s1. The van der Waals surface area contributed by atoms with Gasteiger partial charge >= 0.3 is 15.2 Å². The summed E-state index contributed by atoms with van der Waals surface area (Å²) in [5, 5.41) is 28.5. The van der Waals surface area contributed by atoms with Crippen molar-refractivity contribution in [2.45, 2.75) is 31.0 Å². The van der Waals surface area contributed by atoms with Gasteiger partial charge in [0.1, 0.15) is 24.4 Å². The summed E-state index contributed by atoms with van der Waals surface area (Å²) in [5.74, 6) is -1.14. The van der Waals surface area contributed by atoms with Crippen LogP contribution in [0.15, 0.2) is 30.5 Å². The Labute approximate surface area is 213 Å². The lowest BCUT2D eigenvalue weighted by molar-refractivity contribution is -0.0204. The van der Waals surface area contributed by atoms with Crippen molar-refractivity contribution in [1.29, 1.82) is 0 Å². The maximum Gasteiger partial charge on any atom is 0.340 e. The van der Waals surface area contributed by atoms with Crippen molar-refractivity contribution in [2.75, 3.05) is 17.8 Å². The summed E-state index contributed by atoms with van der Waals surface area (Å²) in [6.45, 7) is -0.430. The number of aliphatic hydroxyl groups excluding tert-OH is 2. The number of hydrogen-bond donors (Lipinski definition) is 6. The Balaban J connectivity index is 1.53. The van der Waals surface area contributed by atoms with Gasteiger partial charge in [-0.25, -0.2) is 9.50 Å². The van der Waals surface area contributed by atoms with E-state index in [1.165, 1.54) is 10.7 Å². The van der Waals surface area contributed by atoms with Gasteiger partial charge < -0.3 is 39.5 Å². The molecule has 0 bridgehead atoms. The summed E-state index contributed by atoms with van der Waals surface area (Å²) >= 11 is 12.3. The second-order valence-electron chi connectivity index (χ2n) is 7.91. The quantitative estimate of drug-likeness (QED) is 0.198. The highest BCUT2D eigenvalue weighted by atomic mass is 35.5. The average Bonchev–Trinajstić information content (AvgIpc) is 3.31. The van der Waals surface area contributed by atoms with Gasteiger partial charge in [0.05, 0.1) is 18.5 Å². The Morgan fingerprint density at radius 2 is 1.86 bits per heavy atom. The number of aliphatic hydroxyl groups is 2. The zero-order chi connectivity index (χ0) is 26.3. The van der Waals surface area contributed by atoms with E-state index in [1.807, 2.05) is 12.1 Å². The molecule has 18 heteroatoms. The number of imidazole rings is 1. The van der Waals surface area contributed by atoms with Gasteiger partial charge in [-0.3, -0.25) is 9.13 Å². The Kier molecular flexibility index (Phi) is 8.06. The lowest BCUT2D eigenvalue weighted by Gasteiger charge is -2.18. The van der Waals surface area contributed by atoms with Crippen molar-refractivity contribution < 1.29 is 43.3 Å². The van der Waals surface area contributed by atoms with Crippen LogP contribution >= 0.6 is 38.4 Å². The van der Waals surface area contributed by atoms with Gasteiger partial charge in [-0.2, -0.15) is 4.98 Å². The van der Waals surface area contributed by atoms with Crippen molar-refractivity contribution in [2.24, 2.45) is 0 Å². The fraction of sp³-hybridized carbons (Fsp3) is 0.389. The highest BCUT2D eigenvalue weighted by Gasteiger charge is 2.46. The van der Waals surface area contributed by atoms with Crippen LogP contribution in [-0.2, 0) is 24.9 Å². The molecule has 14 nitrogen and oxygen atoms in total. The van der Waals surface area contributed by atoms with Gasteiger partial charge in [-0.05, 0) is 23.2 Å². The highest BCUT2D eigenvalue weighted by Crippen LogP contribution is 2.55. The number of rotatable bonds is 9. The van der Waals surface area contributed by atoms with E-state index in [-0.39, 0.29) is 22.4 Å². The summed E-state index contributed by atoms with van der Waals surface area (Å²) in [7, 11) is -9.53. The summed E-state index contributed by atoms with van der Waals surface area (Å²) in [6, 6.07) is 7.18. The molecule has 3 heterocycles. The van der Waals surface area contributed by atoms with Crippen LogP contribution in [0.2, 0.25) is 10.3 Å². The number of fused-ring (bicyclic) bond motifs is 1. The summed E-state index contributed by atoms with van der Waals surface area (Å²) in [5.41, 5.74) is 1.21. The molecule has 5 atom stereocenters. The third-order valence-corrected chi connectivity index (χ3v) is 9.21. The Hall–Kier alpha value is -1.67. The number of halogens is 2. The van der Waals surface area contributed by atoms with Crippen LogP contribution in [0.3, 0.4) is 0 Å². The minimum Gasteiger partial charge on any atom is -0.387 e. The highest BCUT2D eigenvalue weighted by molar-refractivity contribution is 7.70. The van der Waals surface area contributed by atoms with E-state index in [9.17, 15) is 24.2 Å². The van der Waals surface area contributed by atoms with Gasteiger partial charge in [-0.1, -0.05) is 29.8 Å². The van der Waals surface area contributed by atoms with Crippen LogP contribution < -0.4 is 5.32 Å². The van der Waals surface area contributed by atoms with Crippen LogP contribution in [-0.4, -0.2) is 75.3 Å². The van der Waals surface area contributed by atoms with Crippen LogP contribution in [0.4, 0.5) is 5.82 Å². The third kappa shape index (κ3) is 6.24. The van der Waals surface area contributed by atoms with Crippen LogP contribution in [0.5, 0.6) is 0 Å². The molecule has 0 spiro atoms. The fourth-order valence-electron chi connectivity index (χ4n) is 3.60. The van der Waals surface area contributed by atoms with E-state index < -0.39 is 52.1 Å². The largest absolute Gasteiger partial charge is 0.387 e. The Morgan fingerprint density at radius 1 is 1.14 bits per heavy atom. The molecule has 4 rings (SSSR count). The maximum atomic E-state index is 11.9. The Bertz CT molecular complexity index is 1360. The van der Waals surface area contributed by atoms with E-state index in [2.05, 4.69) is 20.4 Å². The zero-order valence-corrected chi connectivity index (χ0v) is 21.4. The second kappa shape index (κ2) is 10.6. The third-order valence-electron chi connectivity index (χ3n) is 5.22. The minimum absolute atomic E-state index is 0.157. The molecule has 196 valence electrons. The second-order valence-corrected chi connectivity index (χ2v) is 12.6. The van der Waals surface area contributed by atoms with Crippen LogP contribution in [0.25, 0.3) is 5.65 Å². The molecular weight excluding hydrogens is 563 g/mol. The first-order chi connectivity index (χ1) is 16.8. The number of nitrogens with zero attached hydrogens (tertiary/aromatic N) is 4. The number of hydrogen-bond acceptors (Lipinski definition) is 10. The molecule has 6 N–H and O–H groups in total. The van der Waals surface area contributed by atoms with Crippen molar-refractivity contribution in [1.82, 2.24) is 19.6 Å². The van der Waals surface area contributed by atoms with Crippen molar-refractivity contribution >= 4 is 49.9 Å². The van der Waals surface area contributed by atoms with E-state index in [1.54, 1.807) is 12.1 Å².